The van der Waals surface area contributed by atoms with Gasteiger partial charge in [-0.1, -0.05) is 0 Å². The van der Waals surface area contributed by atoms with Crippen molar-refractivity contribution in [1.29, 1.82) is 0 Å². The topological polar surface area (TPSA) is 4.93 Å². The van der Waals surface area contributed by atoms with Crippen LogP contribution in [-0.4, -0.2) is 4.57 Å². The Labute approximate surface area is 88.1 Å². The molecule has 14 heavy (non-hydrogen) atoms. The van der Waals surface area contributed by atoms with E-state index in [0.717, 1.165) is 10.7 Å². The first kappa shape index (κ1) is 9.40. The third-order valence-corrected chi connectivity index (χ3v) is 2.51. The Morgan fingerprint density at radius 1 is 1.14 bits per heavy atom. The highest BCUT2D eigenvalue weighted by molar-refractivity contribution is 9.10. The standard InChI is InChI=1S/C10H6BrF2N/c11-10-2-1-5-14(10)9-4-3-7(12)6-8(9)13/h1-6H. The molecule has 0 N–H and O–H groups in total. The minimum absolute atomic E-state index is 0.322. The van der Waals surface area contributed by atoms with Gasteiger partial charge in [-0.05, 0) is 40.2 Å². The fraction of sp³-hybridized carbons (Fsp3) is 0. The van der Waals surface area contributed by atoms with Gasteiger partial charge < -0.3 is 4.57 Å². The summed E-state index contributed by atoms with van der Waals surface area (Å²) in [5, 5.41) is 0. The molecule has 0 aliphatic carbocycles. The molecule has 0 aliphatic heterocycles. The first-order valence-electron chi connectivity index (χ1n) is 3.97. The van der Waals surface area contributed by atoms with Gasteiger partial charge >= 0.3 is 0 Å². The summed E-state index contributed by atoms with van der Waals surface area (Å²) in [6.07, 6.45) is 1.69. The summed E-state index contributed by atoms with van der Waals surface area (Å²) in [7, 11) is 0. The molecular formula is C10H6BrF2N. The van der Waals surface area contributed by atoms with Gasteiger partial charge in [0, 0.05) is 12.3 Å². The zero-order valence-corrected chi connectivity index (χ0v) is 8.63. The van der Waals surface area contributed by atoms with E-state index in [-0.39, 0.29) is 0 Å². The molecule has 0 aliphatic rings. The first-order valence-corrected chi connectivity index (χ1v) is 4.76. The molecule has 1 nitrogen and oxygen atoms in total. The van der Waals surface area contributed by atoms with Gasteiger partial charge in [-0.25, -0.2) is 8.78 Å². The Morgan fingerprint density at radius 3 is 2.50 bits per heavy atom. The third-order valence-electron chi connectivity index (χ3n) is 1.87. The lowest BCUT2D eigenvalue weighted by atomic mass is 10.3. The summed E-state index contributed by atoms with van der Waals surface area (Å²) in [5.41, 5.74) is 0.322. The monoisotopic (exact) mass is 257 g/mol. The van der Waals surface area contributed by atoms with Crippen LogP contribution < -0.4 is 0 Å². The summed E-state index contributed by atoms with van der Waals surface area (Å²) in [6, 6.07) is 7.04. The van der Waals surface area contributed by atoms with Crippen molar-refractivity contribution in [3.63, 3.8) is 0 Å². The van der Waals surface area contributed by atoms with Crippen molar-refractivity contribution in [2.24, 2.45) is 0 Å². The van der Waals surface area contributed by atoms with Crippen molar-refractivity contribution in [3.8, 4) is 5.69 Å². The highest BCUT2D eigenvalue weighted by Crippen LogP contribution is 2.20. The quantitative estimate of drug-likeness (QED) is 0.737. The van der Waals surface area contributed by atoms with E-state index in [1.165, 1.54) is 12.1 Å². The smallest absolute Gasteiger partial charge is 0.150 e. The summed E-state index contributed by atoms with van der Waals surface area (Å²) >= 11 is 3.26. The average molecular weight is 258 g/mol. The summed E-state index contributed by atoms with van der Waals surface area (Å²) in [4.78, 5) is 0. The SMILES string of the molecule is Fc1ccc(-n2cccc2Br)c(F)c1. The van der Waals surface area contributed by atoms with Gasteiger partial charge in [-0.15, -0.1) is 0 Å². The first-order chi connectivity index (χ1) is 6.68. The molecule has 1 aromatic carbocycles. The van der Waals surface area contributed by atoms with Crippen LogP contribution in [0.3, 0.4) is 0 Å². The highest BCUT2D eigenvalue weighted by atomic mass is 79.9. The van der Waals surface area contributed by atoms with Crippen LogP contribution in [0.1, 0.15) is 0 Å². The largest absolute Gasteiger partial charge is 0.308 e. The van der Waals surface area contributed by atoms with E-state index in [9.17, 15) is 8.78 Å². The number of halogens is 3. The number of benzene rings is 1. The fourth-order valence-corrected chi connectivity index (χ4v) is 1.69. The molecule has 0 saturated carbocycles. The average Bonchev–Trinajstić information content (AvgIpc) is 2.52. The molecule has 4 heteroatoms. The van der Waals surface area contributed by atoms with Gasteiger partial charge in [0.25, 0.3) is 0 Å². The summed E-state index contributed by atoms with van der Waals surface area (Å²) < 4.78 is 28.3. The maximum Gasteiger partial charge on any atom is 0.150 e. The lowest BCUT2D eigenvalue weighted by Gasteiger charge is -2.05. The van der Waals surface area contributed by atoms with Crippen molar-refractivity contribution in [2.45, 2.75) is 0 Å². The molecule has 1 aromatic heterocycles. The minimum atomic E-state index is -0.582. The number of nitrogens with zero attached hydrogens (tertiary/aromatic N) is 1. The number of aromatic nitrogens is 1. The minimum Gasteiger partial charge on any atom is -0.308 e. The van der Waals surface area contributed by atoms with Gasteiger partial charge in [0.1, 0.15) is 11.6 Å². The van der Waals surface area contributed by atoms with E-state index in [4.69, 9.17) is 0 Å². The van der Waals surface area contributed by atoms with Crippen molar-refractivity contribution in [2.75, 3.05) is 0 Å². The van der Waals surface area contributed by atoms with Crippen LogP contribution in [0, 0.1) is 11.6 Å². The van der Waals surface area contributed by atoms with E-state index < -0.39 is 11.6 Å². The van der Waals surface area contributed by atoms with E-state index >= 15 is 0 Å². The Kier molecular flexibility index (Phi) is 2.37. The van der Waals surface area contributed by atoms with Crippen LogP contribution in [0.25, 0.3) is 5.69 Å². The molecule has 0 atom stereocenters. The van der Waals surface area contributed by atoms with Crippen LogP contribution in [0.5, 0.6) is 0 Å². The van der Waals surface area contributed by atoms with E-state index in [2.05, 4.69) is 15.9 Å². The van der Waals surface area contributed by atoms with Gasteiger partial charge in [-0.2, -0.15) is 0 Å². The van der Waals surface area contributed by atoms with Crippen molar-refractivity contribution in [1.82, 2.24) is 4.57 Å². The van der Waals surface area contributed by atoms with Crippen LogP contribution in [-0.2, 0) is 0 Å². The Balaban J connectivity index is 2.58. The van der Waals surface area contributed by atoms with Gasteiger partial charge in [0.05, 0.1) is 10.3 Å². The van der Waals surface area contributed by atoms with Crippen LogP contribution in [0.2, 0.25) is 0 Å². The number of hydrogen-bond donors (Lipinski definition) is 0. The van der Waals surface area contributed by atoms with Gasteiger partial charge in [-0.3, -0.25) is 0 Å². The van der Waals surface area contributed by atoms with Crippen molar-refractivity contribution < 1.29 is 8.78 Å². The summed E-state index contributed by atoms with van der Waals surface area (Å²) in [6.45, 7) is 0. The van der Waals surface area contributed by atoms with Crippen LogP contribution >= 0.6 is 15.9 Å². The third kappa shape index (κ3) is 1.57. The van der Waals surface area contributed by atoms with Gasteiger partial charge in [0.2, 0.25) is 0 Å². The molecule has 0 radical (unpaired) electrons. The second-order valence-electron chi connectivity index (χ2n) is 2.80. The maximum atomic E-state index is 13.3. The summed E-state index contributed by atoms with van der Waals surface area (Å²) in [5.74, 6) is -1.16. The molecule has 72 valence electrons. The van der Waals surface area contributed by atoms with E-state index in [1.54, 1.807) is 22.9 Å². The predicted octanol–water partition coefficient (Wildman–Crippen LogP) is 3.52. The van der Waals surface area contributed by atoms with Crippen molar-refractivity contribution in [3.05, 3.63) is 52.8 Å². The Bertz CT molecular complexity index is 465. The Hall–Kier alpha value is -1.16. The zero-order chi connectivity index (χ0) is 10.1. The molecule has 2 aromatic rings. The lowest BCUT2D eigenvalue weighted by molar-refractivity contribution is 0.577. The normalized spacial score (nSPS) is 10.5. The molecule has 2 rings (SSSR count). The van der Waals surface area contributed by atoms with Crippen molar-refractivity contribution >= 4 is 15.9 Å². The van der Waals surface area contributed by atoms with Crippen LogP contribution in [0.4, 0.5) is 8.78 Å². The van der Waals surface area contributed by atoms with Crippen LogP contribution in [0.15, 0.2) is 41.1 Å². The lowest BCUT2D eigenvalue weighted by Crippen LogP contribution is -1.96. The molecule has 0 fully saturated rings. The number of rotatable bonds is 1. The second-order valence-corrected chi connectivity index (χ2v) is 3.61. The molecule has 0 amide bonds. The van der Waals surface area contributed by atoms with Gasteiger partial charge in [0.15, 0.2) is 0 Å². The van der Waals surface area contributed by atoms with E-state index in [0.29, 0.717) is 5.69 Å². The predicted molar refractivity (Wildman–Crippen MR) is 53.4 cm³/mol. The molecule has 1 heterocycles. The fourth-order valence-electron chi connectivity index (χ4n) is 1.23. The maximum absolute atomic E-state index is 13.3. The molecule has 0 saturated heterocycles. The zero-order valence-electron chi connectivity index (χ0n) is 7.05. The molecule has 0 spiro atoms. The molecular weight excluding hydrogens is 252 g/mol. The number of hydrogen-bond acceptors (Lipinski definition) is 0. The van der Waals surface area contributed by atoms with E-state index in [1.807, 2.05) is 0 Å². The Morgan fingerprint density at radius 2 is 1.93 bits per heavy atom. The highest BCUT2D eigenvalue weighted by Gasteiger charge is 2.07. The molecule has 0 unspecified atom stereocenters. The molecule has 0 bridgehead atoms. The second kappa shape index (κ2) is 3.53.